The van der Waals surface area contributed by atoms with Crippen LogP contribution in [0, 0.1) is 12.7 Å². The van der Waals surface area contributed by atoms with Crippen LogP contribution in [0.3, 0.4) is 0 Å². The Morgan fingerprint density at radius 2 is 2.10 bits per heavy atom. The highest BCUT2D eigenvalue weighted by atomic mass is 79.9. The fourth-order valence-electron chi connectivity index (χ4n) is 1.71. The molecule has 1 heterocycles. The second-order valence-electron chi connectivity index (χ2n) is 4.27. The number of carbonyl (C=O) groups is 1. The SMILES string of the molecule is Cc1cc(O)c(C(=O)/C=C/c2cc(Br)ccc2F)c(=O)o1. The van der Waals surface area contributed by atoms with E-state index >= 15 is 0 Å². The first kappa shape index (κ1) is 15.2. The van der Waals surface area contributed by atoms with Crippen LogP contribution < -0.4 is 5.63 Å². The van der Waals surface area contributed by atoms with Gasteiger partial charge in [-0.1, -0.05) is 15.9 Å². The molecule has 0 aliphatic heterocycles. The second-order valence-corrected chi connectivity index (χ2v) is 5.18. The zero-order chi connectivity index (χ0) is 15.6. The summed E-state index contributed by atoms with van der Waals surface area (Å²) in [6.45, 7) is 1.47. The number of carbonyl (C=O) groups excluding carboxylic acids is 1. The Morgan fingerprint density at radius 3 is 2.76 bits per heavy atom. The lowest BCUT2D eigenvalue weighted by Gasteiger charge is -2.00. The summed E-state index contributed by atoms with van der Waals surface area (Å²) in [5, 5.41) is 9.64. The van der Waals surface area contributed by atoms with E-state index in [9.17, 15) is 19.1 Å². The molecule has 1 aromatic carbocycles. The van der Waals surface area contributed by atoms with Crippen molar-refractivity contribution >= 4 is 27.8 Å². The molecule has 1 N–H and O–H groups in total. The average molecular weight is 353 g/mol. The zero-order valence-corrected chi connectivity index (χ0v) is 12.5. The molecule has 0 aliphatic rings. The Labute approximate surface area is 127 Å². The standard InChI is InChI=1S/C15H10BrFO4/c1-8-6-13(19)14(15(20)21-8)12(18)5-2-9-7-10(16)3-4-11(9)17/h2-7,19H,1H3/b5-2+. The summed E-state index contributed by atoms with van der Waals surface area (Å²) in [5.41, 5.74) is -1.24. The molecule has 0 radical (unpaired) electrons. The van der Waals surface area contributed by atoms with Gasteiger partial charge in [0.2, 0.25) is 0 Å². The van der Waals surface area contributed by atoms with Crippen LogP contribution in [-0.4, -0.2) is 10.9 Å². The largest absolute Gasteiger partial charge is 0.507 e. The molecule has 4 nitrogen and oxygen atoms in total. The van der Waals surface area contributed by atoms with E-state index in [-0.39, 0.29) is 11.3 Å². The number of aryl methyl sites for hydroxylation is 1. The van der Waals surface area contributed by atoms with Gasteiger partial charge in [-0.2, -0.15) is 0 Å². The highest BCUT2D eigenvalue weighted by Crippen LogP contribution is 2.19. The van der Waals surface area contributed by atoms with Crippen molar-refractivity contribution in [3.63, 3.8) is 0 Å². The molecule has 0 fully saturated rings. The molecule has 108 valence electrons. The summed E-state index contributed by atoms with van der Waals surface area (Å²) in [6.07, 6.45) is 2.23. The van der Waals surface area contributed by atoms with Gasteiger partial charge in [0, 0.05) is 16.1 Å². The Balaban J connectivity index is 2.36. The highest BCUT2D eigenvalue weighted by Gasteiger charge is 2.16. The smallest absolute Gasteiger partial charge is 0.351 e. The lowest BCUT2D eigenvalue weighted by molar-refractivity contribution is 0.104. The van der Waals surface area contributed by atoms with Gasteiger partial charge < -0.3 is 9.52 Å². The van der Waals surface area contributed by atoms with E-state index in [0.717, 1.165) is 6.08 Å². The topological polar surface area (TPSA) is 67.5 Å². The van der Waals surface area contributed by atoms with Crippen molar-refractivity contribution in [2.75, 3.05) is 0 Å². The molecule has 2 rings (SSSR count). The average Bonchev–Trinajstić information content (AvgIpc) is 2.38. The van der Waals surface area contributed by atoms with Crippen molar-refractivity contribution in [2.45, 2.75) is 6.92 Å². The molecule has 2 aromatic rings. The summed E-state index contributed by atoms with van der Waals surface area (Å²) >= 11 is 3.19. The van der Waals surface area contributed by atoms with Gasteiger partial charge in [-0.15, -0.1) is 0 Å². The van der Waals surface area contributed by atoms with E-state index in [1.165, 1.54) is 37.3 Å². The number of halogens is 2. The molecular formula is C15H10BrFO4. The molecule has 0 atom stereocenters. The molecule has 1 aromatic heterocycles. The molecule has 0 spiro atoms. The van der Waals surface area contributed by atoms with Gasteiger partial charge in [0.1, 0.15) is 22.9 Å². The Bertz CT molecular complexity index is 793. The first-order valence-corrected chi connectivity index (χ1v) is 6.69. The van der Waals surface area contributed by atoms with Gasteiger partial charge in [-0.25, -0.2) is 9.18 Å². The number of hydrogen-bond acceptors (Lipinski definition) is 4. The highest BCUT2D eigenvalue weighted by molar-refractivity contribution is 9.10. The summed E-state index contributed by atoms with van der Waals surface area (Å²) in [7, 11) is 0. The molecule has 0 bridgehead atoms. The van der Waals surface area contributed by atoms with Crippen LogP contribution in [0.4, 0.5) is 4.39 Å². The van der Waals surface area contributed by atoms with Crippen LogP contribution >= 0.6 is 15.9 Å². The van der Waals surface area contributed by atoms with Crippen molar-refractivity contribution in [1.82, 2.24) is 0 Å². The van der Waals surface area contributed by atoms with E-state index in [1.54, 1.807) is 0 Å². The molecule has 0 amide bonds. The number of hydrogen-bond donors (Lipinski definition) is 1. The van der Waals surface area contributed by atoms with Crippen LogP contribution in [0.5, 0.6) is 5.75 Å². The number of ketones is 1. The molecule has 0 aliphatic carbocycles. The summed E-state index contributed by atoms with van der Waals surface area (Å²) < 4.78 is 18.9. The lowest BCUT2D eigenvalue weighted by atomic mass is 10.1. The van der Waals surface area contributed by atoms with Crippen molar-refractivity contribution in [3.05, 3.63) is 67.9 Å². The maximum atomic E-state index is 13.5. The molecular weight excluding hydrogens is 343 g/mol. The summed E-state index contributed by atoms with van der Waals surface area (Å²) in [5.74, 6) is -1.55. The number of aromatic hydroxyl groups is 1. The number of rotatable bonds is 3. The van der Waals surface area contributed by atoms with Crippen molar-refractivity contribution in [3.8, 4) is 5.75 Å². The van der Waals surface area contributed by atoms with E-state index < -0.39 is 28.5 Å². The van der Waals surface area contributed by atoms with Gasteiger partial charge in [0.05, 0.1) is 0 Å². The summed E-state index contributed by atoms with van der Waals surface area (Å²) in [4.78, 5) is 23.5. The van der Waals surface area contributed by atoms with E-state index in [2.05, 4.69) is 15.9 Å². The fourth-order valence-corrected chi connectivity index (χ4v) is 2.09. The van der Waals surface area contributed by atoms with E-state index in [0.29, 0.717) is 4.47 Å². The first-order valence-electron chi connectivity index (χ1n) is 5.89. The third-order valence-corrected chi connectivity index (χ3v) is 3.17. The minimum absolute atomic E-state index is 0.175. The van der Waals surface area contributed by atoms with Crippen LogP contribution in [-0.2, 0) is 0 Å². The van der Waals surface area contributed by atoms with Gasteiger partial charge >= 0.3 is 5.63 Å². The minimum atomic E-state index is -0.933. The van der Waals surface area contributed by atoms with Crippen molar-refractivity contribution in [2.24, 2.45) is 0 Å². The predicted molar refractivity (Wildman–Crippen MR) is 78.8 cm³/mol. The monoisotopic (exact) mass is 352 g/mol. The zero-order valence-electron chi connectivity index (χ0n) is 10.9. The Hall–Kier alpha value is -2.21. The van der Waals surface area contributed by atoms with E-state index in [4.69, 9.17) is 4.42 Å². The van der Waals surface area contributed by atoms with Crippen LogP contribution in [0.15, 0.2) is 44.0 Å². The third kappa shape index (κ3) is 3.46. The third-order valence-electron chi connectivity index (χ3n) is 2.67. The number of benzene rings is 1. The van der Waals surface area contributed by atoms with Gasteiger partial charge in [-0.3, -0.25) is 4.79 Å². The van der Waals surface area contributed by atoms with Gasteiger partial charge in [-0.05, 0) is 37.3 Å². The predicted octanol–water partition coefficient (Wildman–Crippen LogP) is 3.45. The van der Waals surface area contributed by atoms with E-state index in [1.807, 2.05) is 0 Å². The Kier molecular flexibility index (Phi) is 4.37. The molecule has 0 unspecified atom stereocenters. The first-order chi connectivity index (χ1) is 9.88. The lowest BCUT2D eigenvalue weighted by Crippen LogP contribution is -2.13. The van der Waals surface area contributed by atoms with Crippen molar-refractivity contribution in [1.29, 1.82) is 0 Å². The molecule has 0 saturated heterocycles. The van der Waals surface area contributed by atoms with Crippen molar-refractivity contribution < 1.29 is 18.7 Å². The van der Waals surface area contributed by atoms with Crippen LogP contribution in [0.1, 0.15) is 21.7 Å². The quantitative estimate of drug-likeness (QED) is 0.678. The van der Waals surface area contributed by atoms with Gasteiger partial charge in [0.15, 0.2) is 5.78 Å². The molecule has 21 heavy (non-hydrogen) atoms. The fraction of sp³-hybridized carbons (Fsp3) is 0.0667. The summed E-state index contributed by atoms with van der Waals surface area (Å²) in [6, 6.07) is 5.42. The minimum Gasteiger partial charge on any atom is -0.507 e. The molecule has 6 heteroatoms. The maximum absolute atomic E-state index is 13.5. The molecule has 0 saturated carbocycles. The Morgan fingerprint density at radius 1 is 1.38 bits per heavy atom. The maximum Gasteiger partial charge on any atom is 0.351 e. The number of allylic oxidation sites excluding steroid dienone is 1. The van der Waals surface area contributed by atoms with Crippen LogP contribution in [0.25, 0.3) is 6.08 Å². The van der Waals surface area contributed by atoms with Gasteiger partial charge in [0.25, 0.3) is 0 Å². The van der Waals surface area contributed by atoms with Crippen LogP contribution in [0.2, 0.25) is 0 Å². The second kappa shape index (κ2) is 6.05. The normalized spacial score (nSPS) is 11.0.